The van der Waals surface area contributed by atoms with Crippen LogP contribution in [0.15, 0.2) is 0 Å². The highest BCUT2D eigenvalue weighted by Gasteiger charge is 2.25. The SMILES string of the molecule is [CH2]C1CCCN1C(=O)OCCCC. The van der Waals surface area contributed by atoms with Crippen LogP contribution < -0.4 is 0 Å². The van der Waals surface area contributed by atoms with E-state index >= 15 is 0 Å². The summed E-state index contributed by atoms with van der Waals surface area (Å²) in [5.41, 5.74) is 0. The molecule has 0 aromatic carbocycles. The predicted octanol–water partition coefficient (Wildman–Crippen LogP) is 2.22. The Morgan fingerprint density at radius 1 is 1.69 bits per heavy atom. The van der Waals surface area contributed by atoms with Gasteiger partial charge in [0.15, 0.2) is 0 Å². The molecular formula is C10H18NO2. The lowest BCUT2D eigenvalue weighted by Crippen LogP contribution is -2.34. The Labute approximate surface area is 80.1 Å². The normalized spacial score (nSPS) is 22.0. The molecule has 0 saturated carbocycles. The minimum atomic E-state index is -0.189. The molecule has 1 unspecified atom stereocenters. The smallest absolute Gasteiger partial charge is 0.410 e. The summed E-state index contributed by atoms with van der Waals surface area (Å²) in [5.74, 6) is 0. The lowest BCUT2D eigenvalue weighted by atomic mass is 10.2. The van der Waals surface area contributed by atoms with Crippen LogP contribution in [0, 0.1) is 6.92 Å². The van der Waals surface area contributed by atoms with E-state index in [1.54, 1.807) is 4.90 Å². The maximum absolute atomic E-state index is 11.4. The zero-order valence-electron chi connectivity index (χ0n) is 8.29. The van der Waals surface area contributed by atoms with Gasteiger partial charge in [-0.3, -0.25) is 0 Å². The average molecular weight is 184 g/mol. The molecule has 1 aliphatic heterocycles. The minimum Gasteiger partial charge on any atom is -0.449 e. The Balaban J connectivity index is 2.22. The number of unbranched alkanes of at least 4 members (excludes halogenated alkanes) is 1. The van der Waals surface area contributed by atoms with Crippen LogP contribution in [0.2, 0.25) is 0 Å². The molecule has 0 aromatic heterocycles. The first-order chi connectivity index (χ1) is 6.25. The number of hydrogen-bond donors (Lipinski definition) is 0. The van der Waals surface area contributed by atoms with Crippen molar-refractivity contribution < 1.29 is 9.53 Å². The molecule has 1 amide bonds. The number of ether oxygens (including phenoxy) is 1. The van der Waals surface area contributed by atoms with Gasteiger partial charge in [0.2, 0.25) is 0 Å². The Morgan fingerprint density at radius 3 is 3.00 bits per heavy atom. The molecular weight excluding hydrogens is 166 g/mol. The Bertz CT molecular complexity index is 170. The fourth-order valence-corrected chi connectivity index (χ4v) is 1.46. The lowest BCUT2D eigenvalue weighted by Gasteiger charge is -2.20. The monoisotopic (exact) mass is 184 g/mol. The summed E-state index contributed by atoms with van der Waals surface area (Å²) in [6, 6.07) is 0.120. The van der Waals surface area contributed by atoms with Crippen LogP contribution in [0.25, 0.3) is 0 Å². The molecule has 1 saturated heterocycles. The van der Waals surface area contributed by atoms with Gasteiger partial charge >= 0.3 is 6.09 Å². The molecule has 1 heterocycles. The summed E-state index contributed by atoms with van der Waals surface area (Å²) in [4.78, 5) is 13.1. The van der Waals surface area contributed by atoms with Gasteiger partial charge in [-0.25, -0.2) is 4.79 Å². The zero-order chi connectivity index (χ0) is 9.68. The van der Waals surface area contributed by atoms with E-state index in [1.165, 1.54) is 0 Å². The van der Waals surface area contributed by atoms with E-state index in [4.69, 9.17) is 4.74 Å². The second-order valence-electron chi connectivity index (χ2n) is 3.46. The highest BCUT2D eigenvalue weighted by Crippen LogP contribution is 2.16. The summed E-state index contributed by atoms with van der Waals surface area (Å²) < 4.78 is 5.08. The van der Waals surface area contributed by atoms with E-state index in [0.29, 0.717) is 6.61 Å². The van der Waals surface area contributed by atoms with Gasteiger partial charge in [-0.05, 0) is 26.2 Å². The molecule has 3 heteroatoms. The van der Waals surface area contributed by atoms with Crippen LogP contribution in [0.3, 0.4) is 0 Å². The Hall–Kier alpha value is -0.730. The third-order valence-electron chi connectivity index (χ3n) is 2.34. The number of amides is 1. The lowest BCUT2D eigenvalue weighted by molar-refractivity contribution is 0.102. The van der Waals surface area contributed by atoms with Crippen molar-refractivity contribution in [3.8, 4) is 0 Å². The van der Waals surface area contributed by atoms with Crippen molar-refractivity contribution in [3.63, 3.8) is 0 Å². The summed E-state index contributed by atoms with van der Waals surface area (Å²) in [7, 11) is 0. The van der Waals surface area contributed by atoms with Crippen molar-refractivity contribution >= 4 is 6.09 Å². The maximum Gasteiger partial charge on any atom is 0.410 e. The first kappa shape index (κ1) is 10.4. The summed E-state index contributed by atoms with van der Waals surface area (Å²) in [6.07, 6.45) is 3.87. The fraction of sp³-hybridized carbons (Fsp3) is 0.800. The quantitative estimate of drug-likeness (QED) is 0.629. The van der Waals surface area contributed by atoms with Crippen LogP contribution in [0.1, 0.15) is 32.6 Å². The number of carbonyl (C=O) groups is 1. The molecule has 0 aromatic rings. The van der Waals surface area contributed by atoms with Crippen LogP contribution in [0.5, 0.6) is 0 Å². The van der Waals surface area contributed by atoms with Gasteiger partial charge in [0.25, 0.3) is 0 Å². The molecule has 0 bridgehead atoms. The topological polar surface area (TPSA) is 29.5 Å². The maximum atomic E-state index is 11.4. The summed E-state index contributed by atoms with van der Waals surface area (Å²) >= 11 is 0. The number of likely N-dealkylation sites (tertiary alicyclic amines) is 1. The number of carbonyl (C=O) groups excluding carboxylic acids is 1. The molecule has 1 radical (unpaired) electrons. The van der Waals surface area contributed by atoms with Crippen LogP contribution >= 0.6 is 0 Å². The van der Waals surface area contributed by atoms with E-state index in [-0.39, 0.29) is 12.1 Å². The first-order valence-corrected chi connectivity index (χ1v) is 5.02. The second kappa shape index (κ2) is 5.10. The van der Waals surface area contributed by atoms with Crippen molar-refractivity contribution in [3.05, 3.63) is 6.92 Å². The molecule has 1 fully saturated rings. The standard InChI is InChI=1S/C10H18NO2/c1-3-4-8-13-10(12)11-7-5-6-9(11)2/h9H,2-8H2,1H3. The second-order valence-corrected chi connectivity index (χ2v) is 3.46. The van der Waals surface area contributed by atoms with Gasteiger partial charge in [-0.1, -0.05) is 13.3 Å². The molecule has 1 aliphatic rings. The molecule has 3 nitrogen and oxygen atoms in total. The fourth-order valence-electron chi connectivity index (χ4n) is 1.46. The van der Waals surface area contributed by atoms with E-state index in [1.807, 2.05) is 0 Å². The molecule has 1 atom stereocenters. The van der Waals surface area contributed by atoms with E-state index in [0.717, 1.165) is 32.2 Å². The first-order valence-electron chi connectivity index (χ1n) is 5.02. The van der Waals surface area contributed by atoms with Gasteiger partial charge in [-0.2, -0.15) is 0 Å². The third-order valence-corrected chi connectivity index (χ3v) is 2.34. The molecule has 0 spiro atoms. The van der Waals surface area contributed by atoms with E-state index < -0.39 is 0 Å². The van der Waals surface area contributed by atoms with Crippen LogP contribution in [-0.2, 0) is 4.74 Å². The number of nitrogens with zero attached hydrogens (tertiary/aromatic N) is 1. The van der Waals surface area contributed by atoms with Crippen LogP contribution in [-0.4, -0.2) is 30.2 Å². The Morgan fingerprint density at radius 2 is 2.46 bits per heavy atom. The molecule has 1 rings (SSSR count). The van der Waals surface area contributed by atoms with Crippen molar-refractivity contribution in [1.29, 1.82) is 0 Å². The largest absolute Gasteiger partial charge is 0.449 e. The zero-order valence-corrected chi connectivity index (χ0v) is 8.29. The molecule has 75 valence electrons. The van der Waals surface area contributed by atoms with Gasteiger partial charge in [0.1, 0.15) is 0 Å². The summed E-state index contributed by atoms with van der Waals surface area (Å²) in [6.45, 7) is 7.32. The molecule has 0 aliphatic carbocycles. The van der Waals surface area contributed by atoms with E-state index in [9.17, 15) is 4.79 Å². The predicted molar refractivity (Wildman–Crippen MR) is 51.3 cm³/mol. The van der Waals surface area contributed by atoms with E-state index in [2.05, 4.69) is 13.8 Å². The Kier molecular flexibility index (Phi) is 4.06. The van der Waals surface area contributed by atoms with Crippen molar-refractivity contribution in [2.24, 2.45) is 0 Å². The summed E-state index contributed by atoms with van der Waals surface area (Å²) in [5, 5.41) is 0. The highest BCUT2D eigenvalue weighted by atomic mass is 16.6. The van der Waals surface area contributed by atoms with Crippen molar-refractivity contribution in [2.45, 2.75) is 38.6 Å². The van der Waals surface area contributed by atoms with Gasteiger partial charge in [0.05, 0.1) is 6.61 Å². The number of hydrogen-bond acceptors (Lipinski definition) is 2. The highest BCUT2D eigenvalue weighted by molar-refractivity contribution is 5.68. The average Bonchev–Trinajstić information content (AvgIpc) is 2.52. The van der Waals surface area contributed by atoms with Crippen LogP contribution in [0.4, 0.5) is 4.79 Å². The molecule has 13 heavy (non-hydrogen) atoms. The van der Waals surface area contributed by atoms with Crippen molar-refractivity contribution in [2.75, 3.05) is 13.2 Å². The number of rotatable bonds is 3. The minimum absolute atomic E-state index is 0.120. The van der Waals surface area contributed by atoms with Gasteiger partial charge in [-0.15, -0.1) is 0 Å². The van der Waals surface area contributed by atoms with Crippen molar-refractivity contribution in [1.82, 2.24) is 4.90 Å². The van der Waals surface area contributed by atoms with Gasteiger partial charge < -0.3 is 9.64 Å². The van der Waals surface area contributed by atoms with Gasteiger partial charge in [0, 0.05) is 12.6 Å². The third kappa shape index (κ3) is 2.90. The molecule has 0 N–H and O–H groups in total.